The average Bonchev–Trinajstić information content (AvgIpc) is 2.28. The van der Waals surface area contributed by atoms with E-state index >= 15 is 0 Å². The minimum absolute atomic E-state index is 0.0983. The van der Waals surface area contributed by atoms with Gasteiger partial charge in [-0.25, -0.2) is 0 Å². The van der Waals surface area contributed by atoms with Crippen molar-refractivity contribution in [1.29, 1.82) is 0 Å². The number of hydrogen-bond donors (Lipinski definition) is 1. The summed E-state index contributed by atoms with van der Waals surface area (Å²) in [5.74, 6) is 0.791. The van der Waals surface area contributed by atoms with Gasteiger partial charge in [0.05, 0.1) is 0 Å². The Morgan fingerprint density at radius 3 is 2.69 bits per heavy atom. The third-order valence-corrected chi connectivity index (χ3v) is 3.70. The third kappa shape index (κ3) is 3.48. The molecule has 3 unspecified atom stereocenters. The number of nitrogens with zero attached hydrogens (tertiary/aromatic N) is 1. The van der Waals surface area contributed by atoms with Gasteiger partial charge < -0.3 is 10.6 Å². The van der Waals surface area contributed by atoms with Gasteiger partial charge in [0, 0.05) is 25.0 Å². The first kappa shape index (κ1) is 13.5. The van der Waals surface area contributed by atoms with Gasteiger partial charge in [0.15, 0.2) is 0 Å². The number of piperidine rings is 1. The maximum absolute atomic E-state index is 12.2. The smallest absolute Gasteiger partial charge is 0.223 e. The van der Waals surface area contributed by atoms with Crippen LogP contribution in [0.5, 0.6) is 0 Å². The van der Waals surface area contributed by atoms with Crippen molar-refractivity contribution in [2.24, 2.45) is 11.7 Å². The third-order valence-electron chi connectivity index (χ3n) is 3.70. The monoisotopic (exact) mass is 226 g/mol. The molecule has 16 heavy (non-hydrogen) atoms. The van der Waals surface area contributed by atoms with E-state index in [0.717, 1.165) is 25.8 Å². The molecule has 3 heteroatoms. The lowest BCUT2D eigenvalue weighted by molar-refractivity contribution is -0.136. The molecule has 2 N–H and O–H groups in total. The molecule has 0 radical (unpaired) electrons. The van der Waals surface area contributed by atoms with Crippen molar-refractivity contribution in [3.05, 3.63) is 0 Å². The fourth-order valence-corrected chi connectivity index (χ4v) is 2.37. The number of hydrogen-bond acceptors (Lipinski definition) is 2. The Balaban J connectivity index is 2.57. The number of carbonyl (C=O) groups is 1. The summed E-state index contributed by atoms with van der Waals surface area (Å²) < 4.78 is 0. The summed E-state index contributed by atoms with van der Waals surface area (Å²) in [5, 5.41) is 0. The number of amides is 1. The summed E-state index contributed by atoms with van der Waals surface area (Å²) in [6.45, 7) is 7.20. The van der Waals surface area contributed by atoms with E-state index in [1.54, 1.807) is 0 Å². The first-order valence-electron chi connectivity index (χ1n) is 6.61. The van der Waals surface area contributed by atoms with Crippen molar-refractivity contribution in [3.8, 4) is 0 Å². The highest BCUT2D eigenvalue weighted by Crippen LogP contribution is 2.21. The average molecular weight is 226 g/mol. The summed E-state index contributed by atoms with van der Waals surface area (Å²) in [5.41, 5.74) is 5.96. The first-order valence-corrected chi connectivity index (χ1v) is 6.61. The highest BCUT2D eigenvalue weighted by atomic mass is 16.2. The molecule has 0 aromatic rings. The van der Waals surface area contributed by atoms with E-state index in [0.29, 0.717) is 18.2 Å². The largest absolute Gasteiger partial charge is 0.338 e. The normalized spacial score (nSPS) is 25.2. The van der Waals surface area contributed by atoms with E-state index in [-0.39, 0.29) is 12.1 Å². The molecule has 3 atom stereocenters. The van der Waals surface area contributed by atoms with E-state index in [4.69, 9.17) is 5.73 Å². The second kappa shape index (κ2) is 6.24. The highest BCUT2D eigenvalue weighted by molar-refractivity contribution is 5.77. The Morgan fingerprint density at radius 2 is 2.12 bits per heavy atom. The molecule has 1 aliphatic rings. The van der Waals surface area contributed by atoms with Crippen molar-refractivity contribution in [3.63, 3.8) is 0 Å². The summed E-state index contributed by atoms with van der Waals surface area (Å²) >= 11 is 0. The standard InChI is InChI=1S/C13H26N2O/c1-4-10(2)9-13(16)15-8-6-5-7-12(15)11(3)14/h10-12H,4-9,14H2,1-3H3. The number of nitrogens with two attached hydrogens (primary N) is 1. The van der Waals surface area contributed by atoms with Crippen LogP contribution >= 0.6 is 0 Å². The van der Waals surface area contributed by atoms with Gasteiger partial charge in [-0.2, -0.15) is 0 Å². The fourth-order valence-electron chi connectivity index (χ4n) is 2.37. The van der Waals surface area contributed by atoms with Crippen LogP contribution < -0.4 is 5.73 Å². The lowest BCUT2D eigenvalue weighted by Gasteiger charge is -2.38. The Labute approximate surface area is 99.4 Å². The van der Waals surface area contributed by atoms with E-state index in [1.165, 1.54) is 6.42 Å². The van der Waals surface area contributed by atoms with Gasteiger partial charge in [-0.15, -0.1) is 0 Å². The van der Waals surface area contributed by atoms with E-state index in [9.17, 15) is 4.79 Å². The van der Waals surface area contributed by atoms with Gasteiger partial charge in [0.2, 0.25) is 5.91 Å². The van der Waals surface area contributed by atoms with Gasteiger partial charge in [-0.1, -0.05) is 20.3 Å². The molecule has 0 aromatic carbocycles. The van der Waals surface area contributed by atoms with E-state index in [2.05, 4.69) is 13.8 Å². The van der Waals surface area contributed by atoms with Crippen LogP contribution in [0.15, 0.2) is 0 Å². The second-order valence-corrected chi connectivity index (χ2v) is 5.23. The zero-order valence-electron chi connectivity index (χ0n) is 10.9. The van der Waals surface area contributed by atoms with Crippen molar-refractivity contribution in [2.75, 3.05) is 6.54 Å². The topological polar surface area (TPSA) is 46.3 Å². The Hall–Kier alpha value is -0.570. The van der Waals surface area contributed by atoms with Gasteiger partial charge in [0.1, 0.15) is 0 Å². The van der Waals surface area contributed by atoms with Crippen LogP contribution in [-0.2, 0) is 4.79 Å². The first-order chi connectivity index (χ1) is 7.56. The lowest BCUT2D eigenvalue weighted by atomic mass is 9.95. The maximum Gasteiger partial charge on any atom is 0.223 e. The predicted octanol–water partition coefficient (Wildman–Crippen LogP) is 2.15. The number of likely N-dealkylation sites (tertiary alicyclic amines) is 1. The highest BCUT2D eigenvalue weighted by Gasteiger charge is 2.29. The quantitative estimate of drug-likeness (QED) is 0.798. The van der Waals surface area contributed by atoms with Crippen molar-refractivity contribution >= 4 is 5.91 Å². The molecule has 1 heterocycles. The van der Waals surface area contributed by atoms with E-state index in [1.807, 2.05) is 11.8 Å². The molecule has 1 saturated heterocycles. The maximum atomic E-state index is 12.2. The van der Waals surface area contributed by atoms with Crippen molar-refractivity contribution in [1.82, 2.24) is 4.90 Å². The number of rotatable bonds is 4. The predicted molar refractivity (Wildman–Crippen MR) is 67.1 cm³/mol. The molecule has 1 fully saturated rings. The summed E-state index contributed by atoms with van der Waals surface area (Å²) in [6, 6.07) is 0.367. The van der Waals surface area contributed by atoms with E-state index < -0.39 is 0 Å². The molecule has 0 aliphatic carbocycles. The Morgan fingerprint density at radius 1 is 1.44 bits per heavy atom. The van der Waals surface area contributed by atoms with Crippen LogP contribution in [0.2, 0.25) is 0 Å². The van der Waals surface area contributed by atoms with Crippen LogP contribution in [0.3, 0.4) is 0 Å². The number of carbonyl (C=O) groups excluding carboxylic acids is 1. The Kier molecular flexibility index (Phi) is 5.26. The van der Waals surface area contributed by atoms with Crippen LogP contribution in [0, 0.1) is 5.92 Å². The summed E-state index contributed by atoms with van der Waals surface area (Å²) in [6.07, 6.45) is 5.17. The van der Waals surface area contributed by atoms with Gasteiger partial charge >= 0.3 is 0 Å². The zero-order chi connectivity index (χ0) is 12.1. The van der Waals surface area contributed by atoms with Crippen LogP contribution in [-0.4, -0.2) is 29.4 Å². The summed E-state index contributed by atoms with van der Waals surface area (Å²) in [7, 11) is 0. The molecule has 0 bridgehead atoms. The van der Waals surface area contributed by atoms with Gasteiger partial charge in [-0.3, -0.25) is 4.79 Å². The lowest BCUT2D eigenvalue weighted by Crippen LogP contribution is -2.51. The molecule has 1 rings (SSSR count). The zero-order valence-corrected chi connectivity index (χ0v) is 10.9. The van der Waals surface area contributed by atoms with Gasteiger partial charge in [-0.05, 0) is 32.1 Å². The summed E-state index contributed by atoms with van der Waals surface area (Å²) in [4.78, 5) is 14.2. The molecule has 3 nitrogen and oxygen atoms in total. The molecular formula is C13H26N2O. The minimum atomic E-state index is 0.0983. The molecule has 1 aliphatic heterocycles. The van der Waals surface area contributed by atoms with Crippen molar-refractivity contribution in [2.45, 2.75) is 65.0 Å². The second-order valence-electron chi connectivity index (χ2n) is 5.23. The van der Waals surface area contributed by atoms with Crippen molar-refractivity contribution < 1.29 is 4.79 Å². The molecule has 94 valence electrons. The van der Waals surface area contributed by atoms with Crippen LogP contribution in [0.4, 0.5) is 0 Å². The fraction of sp³-hybridized carbons (Fsp3) is 0.923. The molecule has 0 spiro atoms. The molecular weight excluding hydrogens is 200 g/mol. The molecule has 0 saturated carbocycles. The van der Waals surface area contributed by atoms with Gasteiger partial charge in [0.25, 0.3) is 0 Å². The molecule has 0 aromatic heterocycles. The Bertz CT molecular complexity index is 228. The van der Waals surface area contributed by atoms with Crippen LogP contribution in [0.1, 0.15) is 52.9 Å². The van der Waals surface area contributed by atoms with Crippen LogP contribution in [0.25, 0.3) is 0 Å². The SMILES string of the molecule is CCC(C)CC(=O)N1CCCCC1C(C)N. The molecule has 1 amide bonds. The minimum Gasteiger partial charge on any atom is -0.338 e.